The zero-order valence-corrected chi connectivity index (χ0v) is 11.9. The minimum Gasteiger partial charge on any atom is -0.373 e. The lowest BCUT2D eigenvalue weighted by Gasteiger charge is -2.08. The van der Waals surface area contributed by atoms with E-state index in [1.54, 1.807) is 7.05 Å². The summed E-state index contributed by atoms with van der Waals surface area (Å²) in [7, 11) is 1.66. The van der Waals surface area contributed by atoms with Crippen molar-refractivity contribution in [2.24, 2.45) is 0 Å². The van der Waals surface area contributed by atoms with Crippen LogP contribution in [0.5, 0.6) is 0 Å². The molecule has 1 heterocycles. The van der Waals surface area contributed by atoms with Crippen molar-refractivity contribution in [3.05, 3.63) is 50.7 Å². The highest BCUT2D eigenvalue weighted by molar-refractivity contribution is 9.10. The molecule has 1 aromatic heterocycles. The lowest BCUT2D eigenvalue weighted by molar-refractivity contribution is -0.384. The summed E-state index contributed by atoms with van der Waals surface area (Å²) in [6.07, 6.45) is 0. The largest absolute Gasteiger partial charge is 0.373 e. The highest BCUT2D eigenvalue weighted by Crippen LogP contribution is 2.28. The van der Waals surface area contributed by atoms with Gasteiger partial charge in [-0.15, -0.1) is 0 Å². The first kappa shape index (κ1) is 14.2. The molecule has 8 heteroatoms. The Morgan fingerprint density at radius 1 is 1.35 bits per heavy atom. The second-order valence-electron chi connectivity index (χ2n) is 3.83. The normalized spacial score (nSPS) is 10.2. The molecule has 2 aromatic rings. The van der Waals surface area contributed by atoms with Crippen LogP contribution in [0.15, 0.2) is 34.8 Å². The average molecular weight is 341 g/mol. The van der Waals surface area contributed by atoms with Crippen LogP contribution >= 0.6 is 15.9 Å². The maximum absolute atomic E-state index is 13.2. The van der Waals surface area contributed by atoms with Crippen LogP contribution in [0.2, 0.25) is 0 Å². The predicted molar refractivity (Wildman–Crippen MR) is 77.8 cm³/mol. The quantitative estimate of drug-likeness (QED) is 0.655. The van der Waals surface area contributed by atoms with Crippen LogP contribution in [0.25, 0.3) is 0 Å². The minimum absolute atomic E-state index is 0.0837. The summed E-state index contributed by atoms with van der Waals surface area (Å²) >= 11 is 3.05. The van der Waals surface area contributed by atoms with Crippen molar-refractivity contribution in [1.29, 1.82) is 0 Å². The minimum atomic E-state index is -0.534. The molecule has 0 bridgehead atoms. The van der Waals surface area contributed by atoms with Gasteiger partial charge in [-0.2, -0.15) is 0 Å². The molecule has 0 saturated heterocycles. The highest BCUT2D eigenvalue weighted by Gasteiger charge is 2.16. The van der Waals surface area contributed by atoms with Crippen molar-refractivity contribution >= 4 is 38.9 Å². The first-order valence-electron chi connectivity index (χ1n) is 5.56. The zero-order valence-electron chi connectivity index (χ0n) is 10.4. The molecule has 0 aliphatic rings. The lowest BCUT2D eigenvalue weighted by atomic mass is 10.3. The number of nitrogens with zero attached hydrogens (tertiary/aromatic N) is 2. The second-order valence-corrected chi connectivity index (χ2v) is 4.68. The number of pyridine rings is 1. The molecule has 0 spiro atoms. The topological polar surface area (TPSA) is 80.1 Å². The number of anilines is 3. The Labute approximate surface area is 122 Å². The Hall–Kier alpha value is -2.22. The van der Waals surface area contributed by atoms with Crippen molar-refractivity contribution in [1.82, 2.24) is 4.98 Å². The molecular weight excluding hydrogens is 331 g/mol. The molecule has 0 atom stereocenters. The molecule has 104 valence electrons. The van der Waals surface area contributed by atoms with E-state index in [0.29, 0.717) is 11.5 Å². The van der Waals surface area contributed by atoms with E-state index in [1.165, 1.54) is 30.3 Å². The summed E-state index contributed by atoms with van der Waals surface area (Å²) in [6, 6.07) is 7.05. The van der Waals surface area contributed by atoms with Gasteiger partial charge in [0.15, 0.2) is 0 Å². The molecule has 1 aromatic carbocycles. The van der Waals surface area contributed by atoms with E-state index < -0.39 is 10.7 Å². The van der Waals surface area contributed by atoms with Gasteiger partial charge in [0.05, 0.1) is 9.40 Å². The Bertz CT molecular complexity index is 666. The standard InChI is InChI=1S/C12H10BrFN4O2/c1-15-11-5-4-10(18(19)20)12(17-11)16-7-2-3-9(14)8(13)6-7/h2-6H,1H3,(H2,15,16,17). The van der Waals surface area contributed by atoms with Crippen LogP contribution in [0.1, 0.15) is 0 Å². The highest BCUT2D eigenvalue weighted by atomic mass is 79.9. The van der Waals surface area contributed by atoms with E-state index in [1.807, 2.05) is 0 Å². The van der Waals surface area contributed by atoms with Crippen LogP contribution in [0, 0.1) is 15.9 Å². The summed E-state index contributed by atoms with van der Waals surface area (Å²) in [5, 5.41) is 16.6. The predicted octanol–water partition coefficient (Wildman–Crippen LogP) is 3.68. The molecular formula is C12H10BrFN4O2. The number of nitro groups is 1. The van der Waals surface area contributed by atoms with Crippen molar-refractivity contribution in [3.8, 4) is 0 Å². The fraction of sp³-hybridized carbons (Fsp3) is 0.0833. The third kappa shape index (κ3) is 3.02. The van der Waals surface area contributed by atoms with Crippen LogP contribution in [0.4, 0.5) is 27.4 Å². The van der Waals surface area contributed by atoms with Crippen LogP contribution in [-0.4, -0.2) is 17.0 Å². The smallest absolute Gasteiger partial charge is 0.311 e. The van der Waals surface area contributed by atoms with Gasteiger partial charge in [0.1, 0.15) is 11.6 Å². The molecule has 0 unspecified atom stereocenters. The van der Waals surface area contributed by atoms with Crippen LogP contribution < -0.4 is 10.6 Å². The Morgan fingerprint density at radius 3 is 2.70 bits per heavy atom. The van der Waals surface area contributed by atoms with Crippen molar-refractivity contribution in [2.45, 2.75) is 0 Å². The van der Waals surface area contributed by atoms with Crippen molar-refractivity contribution in [3.63, 3.8) is 0 Å². The van der Waals surface area contributed by atoms with Gasteiger partial charge in [-0.1, -0.05) is 0 Å². The van der Waals surface area contributed by atoms with E-state index >= 15 is 0 Å². The second kappa shape index (κ2) is 5.83. The Morgan fingerprint density at radius 2 is 2.10 bits per heavy atom. The van der Waals surface area contributed by atoms with Gasteiger partial charge in [-0.05, 0) is 40.2 Å². The summed E-state index contributed by atoms with van der Waals surface area (Å²) in [6.45, 7) is 0. The molecule has 6 nitrogen and oxygen atoms in total. The third-order valence-electron chi connectivity index (χ3n) is 2.51. The fourth-order valence-electron chi connectivity index (χ4n) is 1.54. The van der Waals surface area contributed by atoms with E-state index in [-0.39, 0.29) is 16.0 Å². The van der Waals surface area contributed by atoms with Gasteiger partial charge in [-0.25, -0.2) is 9.37 Å². The molecule has 0 radical (unpaired) electrons. The van der Waals surface area contributed by atoms with E-state index in [4.69, 9.17) is 0 Å². The van der Waals surface area contributed by atoms with Gasteiger partial charge in [0, 0.05) is 18.8 Å². The monoisotopic (exact) mass is 340 g/mol. The average Bonchev–Trinajstić information content (AvgIpc) is 2.42. The van der Waals surface area contributed by atoms with E-state index in [0.717, 1.165) is 0 Å². The van der Waals surface area contributed by atoms with Crippen LogP contribution in [-0.2, 0) is 0 Å². The van der Waals surface area contributed by atoms with Crippen molar-refractivity contribution in [2.75, 3.05) is 17.7 Å². The number of halogens is 2. The number of rotatable bonds is 4. The van der Waals surface area contributed by atoms with Gasteiger partial charge in [0.2, 0.25) is 5.82 Å². The zero-order chi connectivity index (χ0) is 14.7. The first-order valence-corrected chi connectivity index (χ1v) is 6.36. The summed E-state index contributed by atoms with van der Waals surface area (Å²) in [5.41, 5.74) is 0.326. The summed E-state index contributed by atoms with van der Waals surface area (Å²) < 4.78 is 13.4. The van der Waals surface area contributed by atoms with Gasteiger partial charge < -0.3 is 10.6 Å². The fourth-order valence-corrected chi connectivity index (χ4v) is 1.92. The molecule has 0 amide bonds. The number of benzene rings is 1. The summed E-state index contributed by atoms with van der Waals surface area (Å²) in [4.78, 5) is 14.5. The molecule has 0 saturated carbocycles. The Balaban J connectivity index is 2.40. The number of hydrogen-bond acceptors (Lipinski definition) is 5. The van der Waals surface area contributed by atoms with Crippen LogP contribution in [0.3, 0.4) is 0 Å². The van der Waals surface area contributed by atoms with E-state index in [9.17, 15) is 14.5 Å². The number of hydrogen-bond donors (Lipinski definition) is 2. The van der Waals surface area contributed by atoms with Crippen molar-refractivity contribution < 1.29 is 9.31 Å². The van der Waals surface area contributed by atoms with E-state index in [2.05, 4.69) is 31.5 Å². The van der Waals surface area contributed by atoms with Gasteiger partial charge in [-0.3, -0.25) is 10.1 Å². The maximum Gasteiger partial charge on any atom is 0.311 e. The maximum atomic E-state index is 13.2. The number of aromatic nitrogens is 1. The molecule has 2 rings (SSSR count). The lowest BCUT2D eigenvalue weighted by Crippen LogP contribution is -2.02. The van der Waals surface area contributed by atoms with Gasteiger partial charge >= 0.3 is 5.69 Å². The molecule has 0 fully saturated rings. The third-order valence-corrected chi connectivity index (χ3v) is 3.12. The number of nitrogens with one attached hydrogen (secondary N) is 2. The first-order chi connectivity index (χ1) is 9.51. The molecule has 0 aliphatic heterocycles. The molecule has 20 heavy (non-hydrogen) atoms. The van der Waals surface area contributed by atoms with Gasteiger partial charge in [0.25, 0.3) is 0 Å². The summed E-state index contributed by atoms with van der Waals surface area (Å²) in [5.74, 6) is 0.154. The Kier molecular flexibility index (Phi) is 4.14. The molecule has 2 N–H and O–H groups in total. The molecule has 0 aliphatic carbocycles. The SMILES string of the molecule is CNc1ccc([N+](=O)[O-])c(Nc2ccc(F)c(Br)c2)n1.